The number of rotatable bonds is 12. The Morgan fingerprint density at radius 2 is 1.52 bits per heavy atom. The third-order valence-electron chi connectivity index (χ3n) is 5.73. The van der Waals surface area contributed by atoms with Gasteiger partial charge in [-0.2, -0.15) is 5.10 Å². The van der Waals surface area contributed by atoms with Gasteiger partial charge >= 0.3 is 0 Å². The first kappa shape index (κ1) is 28.3. The lowest BCUT2D eigenvalue weighted by atomic mass is 10.1. The zero-order valence-corrected chi connectivity index (χ0v) is 23.5. The highest BCUT2D eigenvalue weighted by Crippen LogP contribution is 2.41. The van der Waals surface area contributed by atoms with Gasteiger partial charge in [-0.25, -0.2) is 5.43 Å². The molecule has 0 unspecified atom stereocenters. The number of nitrogens with zero attached hydrogens (tertiary/aromatic N) is 4. The van der Waals surface area contributed by atoms with E-state index in [4.69, 9.17) is 23.7 Å². The van der Waals surface area contributed by atoms with Crippen molar-refractivity contribution in [1.29, 1.82) is 0 Å². The van der Waals surface area contributed by atoms with E-state index in [2.05, 4.69) is 20.7 Å². The Labute approximate surface area is 236 Å². The van der Waals surface area contributed by atoms with Crippen molar-refractivity contribution in [2.45, 2.75) is 5.16 Å². The molecule has 0 aliphatic carbocycles. The molecule has 0 atom stereocenters. The molecule has 208 valence electrons. The highest BCUT2D eigenvalue weighted by Gasteiger charge is 2.21. The van der Waals surface area contributed by atoms with Crippen molar-refractivity contribution >= 4 is 23.9 Å². The molecule has 0 aliphatic heterocycles. The van der Waals surface area contributed by atoms with Crippen molar-refractivity contribution < 1.29 is 28.5 Å². The highest BCUT2D eigenvalue weighted by molar-refractivity contribution is 7.99. The Balaban J connectivity index is 1.57. The minimum absolute atomic E-state index is 0.0484. The second-order valence-corrected chi connectivity index (χ2v) is 9.00. The van der Waals surface area contributed by atoms with Crippen LogP contribution in [0.5, 0.6) is 28.7 Å². The van der Waals surface area contributed by atoms with Gasteiger partial charge in [-0.1, -0.05) is 36.0 Å². The molecule has 1 amide bonds. The molecule has 3 aromatic carbocycles. The van der Waals surface area contributed by atoms with Crippen molar-refractivity contribution in [3.63, 3.8) is 0 Å². The third kappa shape index (κ3) is 6.12. The fraction of sp³-hybridized carbons (Fsp3) is 0.214. The Bertz CT molecular complexity index is 1470. The fourth-order valence-electron chi connectivity index (χ4n) is 3.92. The number of hydrogen-bond acceptors (Lipinski definition) is 10. The molecule has 4 aromatic rings. The van der Waals surface area contributed by atoms with Gasteiger partial charge in [0, 0.05) is 16.8 Å². The lowest BCUT2D eigenvalue weighted by molar-refractivity contribution is -0.118. The molecule has 0 saturated heterocycles. The monoisotopic (exact) mass is 563 g/mol. The van der Waals surface area contributed by atoms with E-state index in [1.165, 1.54) is 18.0 Å². The van der Waals surface area contributed by atoms with Gasteiger partial charge in [-0.05, 0) is 36.4 Å². The van der Waals surface area contributed by atoms with Gasteiger partial charge in [0.2, 0.25) is 5.75 Å². The van der Waals surface area contributed by atoms with Gasteiger partial charge < -0.3 is 23.7 Å². The van der Waals surface area contributed by atoms with Gasteiger partial charge in [0.25, 0.3) is 5.91 Å². The van der Waals surface area contributed by atoms with Crippen LogP contribution >= 0.6 is 11.8 Å². The van der Waals surface area contributed by atoms with E-state index in [0.717, 1.165) is 5.69 Å². The van der Waals surface area contributed by atoms with E-state index in [1.807, 2.05) is 41.0 Å². The normalized spacial score (nSPS) is 10.8. The standard InChI is InChI=1S/C28H29N5O6S/c1-35-21-13-9-10-18(25(21)38-4)16-29-30-24(34)17-40-28-32-31-27(33(28)20-11-7-6-8-12-20)19-14-22(36-2)26(39-5)23(15-19)37-3/h6-16H,17H2,1-5H3,(H,30,34)/b29-16+. The van der Waals surface area contributed by atoms with E-state index in [1.54, 1.807) is 59.8 Å². The maximum atomic E-state index is 12.6. The maximum absolute atomic E-state index is 12.6. The van der Waals surface area contributed by atoms with Gasteiger partial charge in [0.15, 0.2) is 34.0 Å². The number of benzene rings is 3. The van der Waals surface area contributed by atoms with Gasteiger partial charge in [-0.15, -0.1) is 10.2 Å². The second kappa shape index (κ2) is 13.4. The number of hydrazone groups is 1. The number of thioether (sulfide) groups is 1. The topological polar surface area (TPSA) is 118 Å². The summed E-state index contributed by atoms with van der Waals surface area (Å²) in [5, 5.41) is 13.4. The molecule has 0 spiro atoms. The molecular formula is C28H29N5O6S. The Hall–Kier alpha value is -4.71. The molecule has 0 saturated carbocycles. The largest absolute Gasteiger partial charge is 0.493 e. The summed E-state index contributed by atoms with van der Waals surface area (Å²) in [6.45, 7) is 0. The maximum Gasteiger partial charge on any atom is 0.250 e. The van der Waals surface area contributed by atoms with E-state index in [0.29, 0.717) is 50.9 Å². The van der Waals surface area contributed by atoms with Crippen LogP contribution in [0, 0.1) is 0 Å². The van der Waals surface area contributed by atoms with Gasteiger partial charge in [-0.3, -0.25) is 9.36 Å². The number of nitrogens with one attached hydrogen (secondary N) is 1. The predicted molar refractivity (Wildman–Crippen MR) is 152 cm³/mol. The van der Waals surface area contributed by atoms with Crippen molar-refractivity contribution in [3.8, 4) is 45.8 Å². The molecule has 1 heterocycles. The molecule has 1 aromatic heterocycles. The van der Waals surface area contributed by atoms with Crippen LogP contribution in [0.3, 0.4) is 0 Å². The number of carbonyl (C=O) groups excluding carboxylic acids is 1. The molecule has 12 heteroatoms. The van der Waals surface area contributed by atoms with E-state index < -0.39 is 0 Å². The number of aromatic nitrogens is 3. The zero-order chi connectivity index (χ0) is 28.5. The van der Waals surface area contributed by atoms with Crippen LogP contribution in [-0.2, 0) is 4.79 Å². The Morgan fingerprint density at radius 1 is 0.850 bits per heavy atom. The number of carbonyl (C=O) groups is 1. The Morgan fingerprint density at radius 3 is 2.15 bits per heavy atom. The lowest BCUT2D eigenvalue weighted by Gasteiger charge is -2.15. The first-order chi connectivity index (χ1) is 19.5. The smallest absolute Gasteiger partial charge is 0.250 e. The van der Waals surface area contributed by atoms with Crippen molar-refractivity contribution in [2.24, 2.45) is 5.10 Å². The number of ether oxygens (including phenoxy) is 5. The average molecular weight is 564 g/mol. The summed E-state index contributed by atoms with van der Waals surface area (Å²) in [7, 11) is 7.74. The van der Waals surface area contributed by atoms with Crippen LogP contribution in [0.15, 0.2) is 70.9 Å². The minimum Gasteiger partial charge on any atom is -0.493 e. The summed E-state index contributed by atoms with van der Waals surface area (Å²) >= 11 is 1.22. The number of amides is 1. The van der Waals surface area contributed by atoms with Crippen molar-refractivity contribution in [3.05, 3.63) is 66.2 Å². The Kier molecular flexibility index (Phi) is 9.47. The van der Waals surface area contributed by atoms with Crippen molar-refractivity contribution in [1.82, 2.24) is 20.2 Å². The predicted octanol–water partition coefficient (Wildman–Crippen LogP) is 4.22. The molecule has 11 nitrogen and oxygen atoms in total. The fourth-order valence-corrected chi connectivity index (χ4v) is 4.66. The van der Waals surface area contributed by atoms with Crippen LogP contribution in [0.25, 0.3) is 17.1 Å². The minimum atomic E-state index is -0.319. The van der Waals surface area contributed by atoms with E-state index >= 15 is 0 Å². The van der Waals surface area contributed by atoms with Crippen LogP contribution in [-0.4, -0.2) is 68.2 Å². The van der Waals surface area contributed by atoms with Crippen LogP contribution in [0.2, 0.25) is 0 Å². The number of hydrogen-bond donors (Lipinski definition) is 1. The molecule has 4 rings (SSSR count). The first-order valence-corrected chi connectivity index (χ1v) is 13.0. The highest BCUT2D eigenvalue weighted by atomic mass is 32.2. The van der Waals surface area contributed by atoms with Crippen molar-refractivity contribution in [2.75, 3.05) is 41.3 Å². The molecule has 1 N–H and O–H groups in total. The molecule has 40 heavy (non-hydrogen) atoms. The number of methoxy groups -OCH3 is 5. The summed E-state index contributed by atoms with van der Waals surface area (Å²) in [5.74, 6) is 2.79. The number of para-hydroxylation sites is 2. The molecule has 0 bridgehead atoms. The van der Waals surface area contributed by atoms with Gasteiger partial charge in [0.05, 0.1) is 47.5 Å². The average Bonchev–Trinajstić information content (AvgIpc) is 3.43. The first-order valence-electron chi connectivity index (χ1n) is 12.0. The van der Waals surface area contributed by atoms with Crippen LogP contribution in [0.1, 0.15) is 5.56 Å². The van der Waals surface area contributed by atoms with Gasteiger partial charge in [0.1, 0.15) is 0 Å². The molecular weight excluding hydrogens is 534 g/mol. The lowest BCUT2D eigenvalue weighted by Crippen LogP contribution is -2.20. The SMILES string of the molecule is COc1cccc(/C=N/NC(=O)CSc2nnc(-c3cc(OC)c(OC)c(OC)c3)n2-c2ccccc2)c1OC. The summed E-state index contributed by atoms with van der Waals surface area (Å²) < 4.78 is 29.0. The molecule has 0 radical (unpaired) electrons. The summed E-state index contributed by atoms with van der Waals surface area (Å²) in [5.41, 5.74) is 4.72. The quantitative estimate of drug-likeness (QED) is 0.154. The van der Waals surface area contributed by atoms with E-state index in [-0.39, 0.29) is 11.7 Å². The molecule has 0 fully saturated rings. The summed E-state index contributed by atoms with van der Waals surface area (Å²) in [4.78, 5) is 12.6. The zero-order valence-electron chi connectivity index (χ0n) is 22.7. The summed E-state index contributed by atoms with van der Waals surface area (Å²) in [6, 6.07) is 18.6. The second-order valence-electron chi connectivity index (χ2n) is 8.06. The molecule has 0 aliphatic rings. The summed E-state index contributed by atoms with van der Waals surface area (Å²) in [6.07, 6.45) is 1.50. The van der Waals surface area contributed by atoms with E-state index in [9.17, 15) is 4.79 Å². The third-order valence-corrected chi connectivity index (χ3v) is 6.66. The van der Waals surface area contributed by atoms with Crippen LogP contribution < -0.4 is 29.1 Å². The van der Waals surface area contributed by atoms with Crippen LogP contribution in [0.4, 0.5) is 0 Å².